The highest BCUT2D eigenvalue weighted by Crippen LogP contribution is 2.20. The Labute approximate surface area is 122 Å². The first-order valence-corrected chi connectivity index (χ1v) is 7.01. The molecule has 1 rings (SSSR count). The molecule has 0 radical (unpaired) electrons. The third-order valence-electron chi connectivity index (χ3n) is 2.41. The lowest BCUT2D eigenvalue weighted by atomic mass is 10.2. The zero-order valence-electron chi connectivity index (χ0n) is 10.8. The summed E-state index contributed by atoms with van der Waals surface area (Å²) >= 11 is 7.66. The molecule has 3 nitrogen and oxygen atoms in total. The van der Waals surface area contributed by atoms with Gasteiger partial charge in [0, 0.05) is 23.0 Å². The van der Waals surface area contributed by atoms with Crippen LogP contribution in [0.4, 0.5) is 0 Å². The van der Waals surface area contributed by atoms with Gasteiger partial charge in [0.2, 0.25) is 0 Å². The minimum atomic E-state index is -0.0418. The van der Waals surface area contributed by atoms with Gasteiger partial charge < -0.3 is 9.64 Å². The van der Waals surface area contributed by atoms with E-state index in [1.54, 1.807) is 18.0 Å². The van der Waals surface area contributed by atoms with Gasteiger partial charge in [0.15, 0.2) is 0 Å². The van der Waals surface area contributed by atoms with Crippen molar-refractivity contribution in [3.63, 3.8) is 0 Å². The van der Waals surface area contributed by atoms with Gasteiger partial charge in [-0.15, -0.1) is 12.6 Å². The van der Waals surface area contributed by atoms with E-state index in [4.69, 9.17) is 4.74 Å². The Morgan fingerprint density at radius 3 is 2.72 bits per heavy atom. The predicted molar refractivity (Wildman–Crippen MR) is 79.4 cm³/mol. The molecule has 5 heteroatoms. The topological polar surface area (TPSA) is 29.5 Å². The van der Waals surface area contributed by atoms with E-state index in [1.165, 1.54) is 0 Å². The summed E-state index contributed by atoms with van der Waals surface area (Å²) in [5, 5.41) is 0. The van der Waals surface area contributed by atoms with Crippen LogP contribution in [0.2, 0.25) is 0 Å². The summed E-state index contributed by atoms with van der Waals surface area (Å²) in [7, 11) is 1.77. The molecular formula is C13H18BrNO2S. The number of likely N-dealkylation sites (N-methyl/N-ethyl adjacent to an activating group) is 1. The van der Waals surface area contributed by atoms with Gasteiger partial charge in [-0.25, -0.2) is 0 Å². The normalized spacial score (nSPS) is 10.8. The van der Waals surface area contributed by atoms with Crippen LogP contribution in [0.1, 0.15) is 24.2 Å². The smallest absolute Gasteiger partial charge is 0.254 e. The number of hydrogen-bond acceptors (Lipinski definition) is 3. The molecule has 100 valence electrons. The standard InChI is InChI=1S/C13H18BrNO2S/c1-9(2)17-7-6-15(3)13(16)11-5-4-10(14)8-12(11)18/h4-5,8-9,18H,6-7H2,1-3H3. The fourth-order valence-electron chi connectivity index (χ4n) is 1.42. The highest BCUT2D eigenvalue weighted by molar-refractivity contribution is 9.10. The van der Waals surface area contributed by atoms with Crippen LogP contribution in [-0.4, -0.2) is 37.1 Å². The van der Waals surface area contributed by atoms with Crippen molar-refractivity contribution in [2.24, 2.45) is 0 Å². The van der Waals surface area contributed by atoms with Crippen molar-refractivity contribution >= 4 is 34.5 Å². The number of rotatable bonds is 5. The van der Waals surface area contributed by atoms with E-state index in [-0.39, 0.29) is 12.0 Å². The largest absolute Gasteiger partial charge is 0.377 e. The van der Waals surface area contributed by atoms with Crippen LogP contribution in [0.25, 0.3) is 0 Å². The van der Waals surface area contributed by atoms with Crippen molar-refractivity contribution < 1.29 is 9.53 Å². The Balaban J connectivity index is 2.63. The van der Waals surface area contributed by atoms with E-state index in [2.05, 4.69) is 28.6 Å². The molecule has 0 aliphatic heterocycles. The minimum Gasteiger partial charge on any atom is -0.377 e. The lowest BCUT2D eigenvalue weighted by Crippen LogP contribution is -2.31. The van der Waals surface area contributed by atoms with Crippen molar-refractivity contribution in [3.05, 3.63) is 28.2 Å². The van der Waals surface area contributed by atoms with Gasteiger partial charge in [0.05, 0.1) is 18.3 Å². The van der Waals surface area contributed by atoms with E-state index in [0.29, 0.717) is 23.6 Å². The van der Waals surface area contributed by atoms with Gasteiger partial charge in [-0.1, -0.05) is 15.9 Å². The van der Waals surface area contributed by atoms with Crippen LogP contribution in [0, 0.1) is 0 Å². The Morgan fingerprint density at radius 1 is 1.50 bits per heavy atom. The number of carbonyl (C=O) groups is 1. The first-order valence-electron chi connectivity index (χ1n) is 5.77. The maximum Gasteiger partial charge on any atom is 0.254 e. The van der Waals surface area contributed by atoms with Gasteiger partial charge in [-0.05, 0) is 32.0 Å². The van der Waals surface area contributed by atoms with Gasteiger partial charge in [-0.3, -0.25) is 4.79 Å². The lowest BCUT2D eigenvalue weighted by molar-refractivity contribution is 0.0530. The summed E-state index contributed by atoms with van der Waals surface area (Å²) < 4.78 is 6.34. The number of nitrogens with zero attached hydrogens (tertiary/aromatic N) is 1. The molecule has 0 aromatic heterocycles. The molecule has 18 heavy (non-hydrogen) atoms. The number of amides is 1. The number of thiol groups is 1. The number of hydrogen-bond donors (Lipinski definition) is 1. The quantitative estimate of drug-likeness (QED) is 0.839. The van der Waals surface area contributed by atoms with Crippen LogP contribution in [-0.2, 0) is 4.74 Å². The lowest BCUT2D eigenvalue weighted by Gasteiger charge is -2.19. The third kappa shape index (κ3) is 4.63. The van der Waals surface area contributed by atoms with Crippen LogP contribution in [0.5, 0.6) is 0 Å². The second kappa shape index (κ2) is 7.16. The molecule has 0 atom stereocenters. The number of halogens is 1. The first kappa shape index (κ1) is 15.5. The number of carbonyl (C=O) groups excluding carboxylic acids is 1. The molecule has 0 N–H and O–H groups in total. The molecule has 0 fully saturated rings. The summed E-state index contributed by atoms with van der Waals surface area (Å²) in [6.07, 6.45) is 0.182. The SMILES string of the molecule is CC(C)OCCN(C)C(=O)c1ccc(Br)cc1S. The molecule has 1 aromatic rings. The summed E-state index contributed by atoms with van der Waals surface area (Å²) in [6.45, 7) is 5.06. The van der Waals surface area contributed by atoms with Crippen molar-refractivity contribution in [1.82, 2.24) is 4.90 Å². The molecule has 0 aliphatic carbocycles. The van der Waals surface area contributed by atoms with Gasteiger partial charge >= 0.3 is 0 Å². The summed E-state index contributed by atoms with van der Waals surface area (Å²) in [4.78, 5) is 14.5. The second-order valence-corrected chi connectivity index (χ2v) is 5.71. The first-order chi connectivity index (χ1) is 8.41. The highest BCUT2D eigenvalue weighted by atomic mass is 79.9. The Hall–Kier alpha value is -0.520. The summed E-state index contributed by atoms with van der Waals surface area (Å²) in [5.41, 5.74) is 0.605. The molecule has 0 spiro atoms. The molecule has 0 heterocycles. The molecule has 1 amide bonds. The maximum atomic E-state index is 12.2. The van der Waals surface area contributed by atoms with Crippen LogP contribution < -0.4 is 0 Å². The average Bonchev–Trinajstić information content (AvgIpc) is 2.27. The van der Waals surface area contributed by atoms with Crippen LogP contribution >= 0.6 is 28.6 Å². The second-order valence-electron chi connectivity index (χ2n) is 4.31. The van der Waals surface area contributed by atoms with E-state index in [0.717, 1.165) is 4.47 Å². The zero-order chi connectivity index (χ0) is 13.7. The van der Waals surface area contributed by atoms with Gasteiger partial charge in [-0.2, -0.15) is 0 Å². The molecule has 0 unspecified atom stereocenters. The van der Waals surface area contributed by atoms with Crippen molar-refractivity contribution in [3.8, 4) is 0 Å². The highest BCUT2D eigenvalue weighted by Gasteiger charge is 2.14. The van der Waals surface area contributed by atoms with E-state index in [1.807, 2.05) is 26.0 Å². The Bertz CT molecular complexity index is 423. The summed E-state index contributed by atoms with van der Waals surface area (Å²) in [5.74, 6) is -0.0418. The van der Waals surface area contributed by atoms with Crippen molar-refractivity contribution in [1.29, 1.82) is 0 Å². The number of ether oxygens (including phenoxy) is 1. The van der Waals surface area contributed by atoms with Gasteiger partial charge in [0.25, 0.3) is 5.91 Å². The fraction of sp³-hybridized carbons (Fsp3) is 0.462. The van der Waals surface area contributed by atoms with Crippen molar-refractivity contribution in [2.45, 2.75) is 24.8 Å². The fourth-order valence-corrected chi connectivity index (χ4v) is 2.27. The summed E-state index contributed by atoms with van der Waals surface area (Å²) in [6, 6.07) is 5.43. The Kier molecular flexibility index (Phi) is 6.18. The molecule has 0 saturated carbocycles. The van der Waals surface area contributed by atoms with Crippen LogP contribution in [0.3, 0.4) is 0 Å². The predicted octanol–water partition coefficient (Wildman–Crippen LogP) is 3.23. The van der Waals surface area contributed by atoms with Gasteiger partial charge in [0.1, 0.15) is 0 Å². The van der Waals surface area contributed by atoms with Crippen LogP contribution in [0.15, 0.2) is 27.6 Å². The monoisotopic (exact) mass is 331 g/mol. The maximum absolute atomic E-state index is 12.2. The van der Waals surface area contributed by atoms with E-state index in [9.17, 15) is 4.79 Å². The molecule has 0 bridgehead atoms. The molecule has 1 aromatic carbocycles. The molecule has 0 aliphatic rings. The average molecular weight is 332 g/mol. The minimum absolute atomic E-state index is 0.0418. The van der Waals surface area contributed by atoms with Crippen molar-refractivity contribution in [2.75, 3.05) is 20.2 Å². The molecule has 0 saturated heterocycles. The van der Waals surface area contributed by atoms with E-state index >= 15 is 0 Å². The Morgan fingerprint density at radius 2 is 2.17 bits per heavy atom. The number of benzene rings is 1. The van der Waals surface area contributed by atoms with E-state index < -0.39 is 0 Å². The third-order valence-corrected chi connectivity index (χ3v) is 3.28. The molecular weight excluding hydrogens is 314 g/mol. The zero-order valence-corrected chi connectivity index (χ0v) is 13.3.